The SMILES string of the molecule is CCCNC(=O)[C@H](C)N(Cc1ccc(Br)cc1)C(=O)CN(c1cccc(C)c1)S(C)(=O)=O. The zero-order valence-corrected chi connectivity index (χ0v) is 21.2. The summed E-state index contributed by atoms with van der Waals surface area (Å²) in [5.41, 5.74) is 2.12. The van der Waals surface area contributed by atoms with E-state index in [0.717, 1.165) is 32.6 Å². The van der Waals surface area contributed by atoms with Gasteiger partial charge in [0.05, 0.1) is 11.9 Å². The minimum absolute atomic E-state index is 0.179. The van der Waals surface area contributed by atoms with E-state index in [4.69, 9.17) is 0 Å². The molecule has 0 aliphatic rings. The molecule has 7 nitrogen and oxygen atoms in total. The summed E-state index contributed by atoms with van der Waals surface area (Å²) in [5.74, 6) is -0.738. The van der Waals surface area contributed by atoms with Gasteiger partial charge in [0.1, 0.15) is 12.6 Å². The van der Waals surface area contributed by atoms with E-state index < -0.39 is 28.5 Å². The highest BCUT2D eigenvalue weighted by Crippen LogP contribution is 2.20. The number of benzene rings is 2. The number of sulfonamides is 1. The van der Waals surface area contributed by atoms with Crippen molar-refractivity contribution in [3.8, 4) is 0 Å². The summed E-state index contributed by atoms with van der Waals surface area (Å²) in [6.07, 6.45) is 1.84. The normalized spacial score (nSPS) is 12.2. The molecule has 0 aliphatic carbocycles. The summed E-state index contributed by atoms with van der Waals surface area (Å²) >= 11 is 3.39. The first-order chi connectivity index (χ1) is 15.0. The molecule has 0 heterocycles. The topological polar surface area (TPSA) is 86.8 Å². The highest BCUT2D eigenvalue weighted by atomic mass is 79.9. The molecule has 2 amide bonds. The van der Waals surface area contributed by atoms with E-state index in [9.17, 15) is 18.0 Å². The van der Waals surface area contributed by atoms with Crippen LogP contribution in [0, 0.1) is 6.92 Å². The molecule has 0 spiro atoms. The van der Waals surface area contributed by atoms with Gasteiger partial charge in [-0.05, 0) is 55.7 Å². The van der Waals surface area contributed by atoms with Crippen LogP contribution >= 0.6 is 15.9 Å². The number of nitrogens with one attached hydrogen (secondary N) is 1. The molecule has 0 radical (unpaired) electrons. The van der Waals surface area contributed by atoms with Crippen LogP contribution in [-0.4, -0.2) is 50.5 Å². The number of aryl methyl sites for hydroxylation is 1. The van der Waals surface area contributed by atoms with Crippen LogP contribution in [0.3, 0.4) is 0 Å². The lowest BCUT2D eigenvalue weighted by Crippen LogP contribution is -2.51. The molecule has 0 aromatic heterocycles. The molecule has 0 saturated heterocycles. The van der Waals surface area contributed by atoms with Crippen LogP contribution in [0.5, 0.6) is 0 Å². The maximum Gasteiger partial charge on any atom is 0.244 e. The first-order valence-electron chi connectivity index (χ1n) is 10.4. The van der Waals surface area contributed by atoms with Crippen molar-refractivity contribution in [2.75, 3.05) is 23.7 Å². The Hall–Kier alpha value is -2.39. The van der Waals surface area contributed by atoms with Gasteiger partial charge in [-0.2, -0.15) is 0 Å². The van der Waals surface area contributed by atoms with Gasteiger partial charge in [-0.1, -0.05) is 47.1 Å². The number of carbonyl (C=O) groups excluding carboxylic acids is 2. The van der Waals surface area contributed by atoms with Crippen molar-refractivity contribution < 1.29 is 18.0 Å². The fourth-order valence-electron chi connectivity index (χ4n) is 3.16. The highest BCUT2D eigenvalue weighted by molar-refractivity contribution is 9.10. The summed E-state index contributed by atoms with van der Waals surface area (Å²) < 4.78 is 27.0. The molecule has 174 valence electrons. The van der Waals surface area contributed by atoms with E-state index in [-0.39, 0.29) is 12.5 Å². The van der Waals surface area contributed by atoms with Crippen LogP contribution in [-0.2, 0) is 26.2 Å². The number of hydrogen-bond acceptors (Lipinski definition) is 4. The molecule has 0 saturated carbocycles. The van der Waals surface area contributed by atoms with Gasteiger partial charge in [0.15, 0.2) is 0 Å². The Labute approximate surface area is 199 Å². The van der Waals surface area contributed by atoms with Crippen molar-refractivity contribution in [3.05, 3.63) is 64.1 Å². The van der Waals surface area contributed by atoms with Gasteiger partial charge in [-0.3, -0.25) is 13.9 Å². The molecule has 9 heteroatoms. The van der Waals surface area contributed by atoms with E-state index in [0.29, 0.717) is 12.2 Å². The average Bonchev–Trinajstić information content (AvgIpc) is 2.73. The Morgan fingerprint density at radius 3 is 2.34 bits per heavy atom. The Morgan fingerprint density at radius 1 is 1.12 bits per heavy atom. The standard InChI is InChI=1S/C23H30BrN3O4S/c1-5-13-25-23(29)18(3)26(15-19-9-11-20(24)12-10-19)22(28)16-27(32(4,30)31)21-8-6-7-17(2)14-21/h6-12,14,18H,5,13,15-16H2,1-4H3,(H,25,29)/t18-/m0/s1. The number of hydrogen-bond donors (Lipinski definition) is 1. The van der Waals surface area contributed by atoms with Crippen LogP contribution in [0.15, 0.2) is 53.0 Å². The third kappa shape index (κ3) is 7.34. The zero-order chi connectivity index (χ0) is 23.9. The lowest BCUT2D eigenvalue weighted by molar-refractivity contribution is -0.139. The van der Waals surface area contributed by atoms with Crippen molar-refractivity contribution in [2.24, 2.45) is 0 Å². The number of anilines is 1. The quantitative estimate of drug-likeness (QED) is 0.516. The van der Waals surface area contributed by atoms with Crippen molar-refractivity contribution in [1.29, 1.82) is 0 Å². The van der Waals surface area contributed by atoms with Crippen molar-refractivity contribution >= 4 is 43.5 Å². The van der Waals surface area contributed by atoms with Crippen LogP contribution in [0.2, 0.25) is 0 Å². The molecule has 2 rings (SSSR count). The summed E-state index contributed by atoms with van der Waals surface area (Å²) in [6.45, 7) is 5.73. The molecule has 32 heavy (non-hydrogen) atoms. The van der Waals surface area contributed by atoms with Crippen LogP contribution in [0.1, 0.15) is 31.4 Å². The van der Waals surface area contributed by atoms with Gasteiger partial charge < -0.3 is 10.2 Å². The molecule has 1 N–H and O–H groups in total. The van der Waals surface area contributed by atoms with Crippen molar-refractivity contribution in [1.82, 2.24) is 10.2 Å². The molecular formula is C23H30BrN3O4S. The van der Waals surface area contributed by atoms with E-state index in [1.807, 2.05) is 44.2 Å². The second kappa shape index (κ2) is 11.5. The molecule has 0 fully saturated rings. The number of rotatable bonds is 10. The molecule has 0 unspecified atom stereocenters. The number of amides is 2. The van der Waals surface area contributed by atoms with Gasteiger partial charge in [-0.25, -0.2) is 8.42 Å². The predicted octanol–water partition coefficient (Wildman–Crippen LogP) is 3.47. The average molecular weight is 524 g/mol. The first kappa shape index (κ1) is 25.9. The first-order valence-corrected chi connectivity index (χ1v) is 13.0. The lowest BCUT2D eigenvalue weighted by atomic mass is 10.1. The van der Waals surface area contributed by atoms with Crippen LogP contribution < -0.4 is 9.62 Å². The Balaban J connectivity index is 2.35. The van der Waals surface area contributed by atoms with E-state index >= 15 is 0 Å². The van der Waals surface area contributed by atoms with Gasteiger partial charge in [0.2, 0.25) is 21.8 Å². The largest absolute Gasteiger partial charge is 0.354 e. The van der Waals surface area contributed by atoms with Crippen molar-refractivity contribution in [2.45, 2.75) is 39.8 Å². The molecule has 1 atom stereocenters. The third-order valence-electron chi connectivity index (χ3n) is 4.95. The van der Waals surface area contributed by atoms with Crippen LogP contribution in [0.25, 0.3) is 0 Å². The van der Waals surface area contributed by atoms with Gasteiger partial charge >= 0.3 is 0 Å². The smallest absolute Gasteiger partial charge is 0.244 e. The fraction of sp³-hybridized carbons (Fsp3) is 0.391. The number of halogens is 1. The summed E-state index contributed by atoms with van der Waals surface area (Å²) in [6, 6.07) is 13.6. The molecular weight excluding hydrogens is 494 g/mol. The summed E-state index contributed by atoms with van der Waals surface area (Å²) in [5, 5.41) is 2.81. The van der Waals surface area contributed by atoms with E-state index in [2.05, 4.69) is 21.2 Å². The monoisotopic (exact) mass is 523 g/mol. The summed E-state index contributed by atoms with van der Waals surface area (Å²) in [7, 11) is -3.72. The zero-order valence-electron chi connectivity index (χ0n) is 18.8. The van der Waals surface area contributed by atoms with Gasteiger partial charge in [0.25, 0.3) is 0 Å². The number of carbonyl (C=O) groups is 2. The van der Waals surface area contributed by atoms with Crippen molar-refractivity contribution in [3.63, 3.8) is 0 Å². The van der Waals surface area contributed by atoms with Gasteiger partial charge in [0, 0.05) is 17.6 Å². The minimum atomic E-state index is -3.72. The van der Waals surface area contributed by atoms with Gasteiger partial charge in [-0.15, -0.1) is 0 Å². The minimum Gasteiger partial charge on any atom is -0.354 e. The maximum atomic E-state index is 13.4. The van der Waals surface area contributed by atoms with E-state index in [1.165, 1.54) is 4.90 Å². The Bertz CT molecular complexity index is 1040. The molecule has 2 aromatic rings. The second-order valence-electron chi connectivity index (χ2n) is 7.72. The number of nitrogens with zero attached hydrogens (tertiary/aromatic N) is 2. The lowest BCUT2D eigenvalue weighted by Gasteiger charge is -2.31. The Morgan fingerprint density at radius 2 is 1.78 bits per heavy atom. The van der Waals surface area contributed by atoms with Crippen LogP contribution in [0.4, 0.5) is 5.69 Å². The third-order valence-corrected chi connectivity index (χ3v) is 6.62. The fourth-order valence-corrected chi connectivity index (χ4v) is 4.27. The van der Waals surface area contributed by atoms with E-state index in [1.54, 1.807) is 25.1 Å². The molecule has 0 bridgehead atoms. The molecule has 2 aromatic carbocycles. The summed E-state index contributed by atoms with van der Waals surface area (Å²) in [4.78, 5) is 27.4. The highest BCUT2D eigenvalue weighted by Gasteiger charge is 2.30. The Kier molecular flexibility index (Phi) is 9.27. The molecule has 0 aliphatic heterocycles. The second-order valence-corrected chi connectivity index (χ2v) is 10.5. The predicted molar refractivity (Wildman–Crippen MR) is 131 cm³/mol. The maximum absolute atomic E-state index is 13.4.